The molecule has 0 heterocycles. The second-order valence-corrected chi connectivity index (χ2v) is 15.2. The van der Waals surface area contributed by atoms with E-state index in [1.54, 1.807) is 0 Å². The molecule has 0 saturated heterocycles. The van der Waals surface area contributed by atoms with Gasteiger partial charge in [-0.15, -0.1) is 0 Å². The van der Waals surface area contributed by atoms with Crippen molar-refractivity contribution in [3.05, 3.63) is 0 Å². The smallest absolute Gasteiger partial charge is 0.183 e. The Hall–Kier alpha value is 1.12. The van der Waals surface area contributed by atoms with Gasteiger partial charge in [0, 0.05) is 4.05 Å². The molecule has 0 spiro atoms. The van der Waals surface area contributed by atoms with Gasteiger partial charge in [-0.3, -0.25) is 0 Å². The Bertz CT molecular complexity index is 110. The Balaban J connectivity index is -0.000000405. The first-order valence-corrected chi connectivity index (χ1v) is 11.6. The summed E-state index contributed by atoms with van der Waals surface area (Å²) in [4.78, 5) is 0. The van der Waals surface area contributed by atoms with E-state index < -0.39 is 16.6 Å². The van der Waals surface area contributed by atoms with Gasteiger partial charge in [0.05, 0.1) is 0 Å². The van der Waals surface area contributed by atoms with Crippen molar-refractivity contribution >= 4 is 39.2 Å². The molecule has 0 aromatic heterocycles. The molecule has 0 N–H and O–H groups in total. The van der Waals surface area contributed by atoms with Crippen LogP contribution >= 0.6 is 22.6 Å². The zero-order valence-corrected chi connectivity index (χ0v) is 11.7. The van der Waals surface area contributed by atoms with Crippen molar-refractivity contribution in [2.45, 2.75) is 47.6 Å². The van der Waals surface area contributed by atoms with Gasteiger partial charge in [0.25, 0.3) is 0 Å². The van der Waals surface area contributed by atoms with Crippen LogP contribution in [0.25, 0.3) is 0 Å². The second kappa shape index (κ2) is 6.56. The molecular formula is C8H25IOSi2. The Morgan fingerprint density at radius 3 is 1.42 bits per heavy atom. The molecule has 0 aromatic rings. The van der Waals surface area contributed by atoms with Crippen LogP contribution in [-0.2, 0) is 4.12 Å². The van der Waals surface area contributed by atoms with Crippen molar-refractivity contribution < 1.29 is 4.12 Å². The van der Waals surface area contributed by atoms with Crippen LogP contribution in [0.3, 0.4) is 0 Å². The van der Waals surface area contributed by atoms with E-state index in [1.807, 2.05) is 0 Å². The quantitative estimate of drug-likeness (QED) is 0.428. The summed E-state index contributed by atoms with van der Waals surface area (Å²) in [6.45, 7) is 11.4. The molecule has 0 unspecified atom stereocenters. The lowest BCUT2D eigenvalue weighted by atomic mass is 11.8. The van der Waals surface area contributed by atoms with Gasteiger partial charge in [-0.05, 0) is 32.7 Å². The van der Waals surface area contributed by atoms with E-state index in [0.717, 1.165) is 0 Å². The van der Waals surface area contributed by atoms with Gasteiger partial charge in [0.15, 0.2) is 16.6 Å². The van der Waals surface area contributed by atoms with E-state index in [0.29, 0.717) is 0 Å². The van der Waals surface area contributed by atoms with Crippen molar-refractivity contribution in [1.29, 1.82) is 0 Å². The fourth-order valence-corrected chi connectivity index (χ4v) is 9.11. The van der Waals surface area contributed by atoms with E-state index in [1.165, 1.54) is 4.05 Å². The van der Waals surface area contributed by atoms with E-state index in [4.69, 9.17) is 4.12 Å². The molecule has 0 aliphatic heterocycles. The van der Waals surface area contributed by atoms with Gasteiger partial charge < -0.3 is 4.12 Å². The first-order valence-electron chi connectivity index (χ1n) is 3.53. The summed E-state index contributed by atoms with van der Waals surface area (Å²) in [6.07, 6.45) is 0. The monoisotopic (exact) mass is 320 g/mol. The zero-order valence-electron chi connectivity index (χ0n) is 7.49. The third-order valence-electron chi connectivity index (χ3n) is 0.904. The molecule has 12 heavy (non-hydrogen) atoms. The van der Waals surface area contributed by atoms with E-state index >= 15 is 0 Å². The minimum absolute atomic E-state index is 0. The van der Waals surface area contributed by atoms with Crippen LogP contribution in [0.4, 0.5) is 0 Å². The van der Waals surface area contributed by atoms with Gasteiger partial charge in [0.1, 0.15) is 0 Å². The molecule has 1 nitrogen and oxygen atoms in total. The molecule has 4 heteroatoms. The largest absolute Gasteiger partial charge is 0.455 e. The van der Waals surface area contributed by atoms with Crippen LogP contribution in [0.1, 0.15) is 14.9 Å². The predicted octanol–water partition coefficient (Wildman–Crippen LogP) is 4.29. The maximum Gasteiger partial charge on any atom is 0.183 e. The maximum absolute atomic E-state index is 6.04. The lowest BCUT2D eigenvalue weighted by Gasteiger charge is -2.29. The van der Waals surface area contributed by atoms with Gasteiger partial charge in [-0.25, -0.2) is 0 Å². The highest BCUT2D eigenvalue weighted by molar-refractivity contribution is 14.1. The summed E-state index contributed by atoms with van der Waals surface area (Å²) in [5.41, 5.74) is 0. The minimum atomic E-state index is -1.26. The van der Waals surface area contributed by atoms with Crippen molar-refractivity contribution in [2.24, 2.45) is 0 Å². The predicted molar refractivity (Wildman–Crippen MR) is 74.3 cm³/mol. The van der Waals surface area contributed by atoms with E-state index in [2.05, 4.69) is 55.3 Å². The number of alkyl halides is 1. The lowest BCUT2D eigenvalue weighted by molar-refractivity contribution is 0.559. The Morgan fingerprint density at radius 2 is 1.33 bits per heavy atom. The van der Waals surface area contributed by atoms with Crippen LogP contribution < -0.4 is 0 Å². The molecule has 0 atom stereocenters. The summed E-state index contributed by atoms with van der Waals surface area (Å²) in [5.74, 6) is 0. The minimum Gasteiger partial charge on any atom is -0.455 e. The second-order valence-electron chi connectivity index (χ2n) is 4.11. The number of rotatable bonds is 3. The molecule has 0 rings (SSSR count). The highest BCUT2D eigenvalue weighted by Crippen LogP contribution is 2.15. The van der Waals surface area contributed by atoms with E-state index in [9.17, 15) is 0 Å². The fourth-order valence-electron chi connectivity index (χ4n) is 0.856. The lowest BCUT2D eigenvalue weighted by Crippen LogP contribution is -2.43. The van der Waals surface area contributed by atoms with Crippen molar-refractivity contribution in [2.75, 3.05) is 4.05 Å². The topological polar surface area (TPSA) is 9.23 Å². The Morgan fingerprint density at radius 1 is 1.00 bits per heavy atom. The SMILES string of the molecule is C.C.C[Si](C)(C)O[Si](C)(C)CI. The first kappa shape index (κ1) is 18.8. The molecule has 0 aromatic carbocycles. The zero-order chi connectivity index (χ0) is 8.41. The summed E-state index contributed by atoms with van der Waals surface area (Å²) in [6, 6.07) is 0. The van der Waals surface area contributed by atoms with Crippen LogP contribution in [0.2, 0.25) is 32.7 Å². The van der Waals surface area contributed by atoms with Gasteiger partial charge in [0.2, 0.25) is 0 Å². The summed E-state index contributed by atoms with van der Waals surface area (Å²) >= 11 is 2.43. The Kier molecular flexibility index (Phi) is 10.3. The first-order chi connectivity index (χ1) is 4.27. The van der Waals surface area contributed by atoms with Crippen molar-refractivity contribution in [3.8, 4) is 0 Å². The highest BCUT2D eigenvalue weighted by atomic mass is 127. The molecule has 0 fully saturated rings. The number of halogens is 1. The molecule has 0 aliphatic rings. The summed E-state index contributed by atoms with van der Waals surface area (Å²) in [5, 5.41) is 0. The summed E-state index contributed by atoms with van der Waals surface area (Å²) < 4.78 is 7.25. The fraction of sp³-hybridized carbons (Fsp3) is 1.00. The van der Waals surface area contributed by atoms with Crippen LogP contribution in [0, 0.1) is 0 Å². The number of hydrogen-bond acceptors (Lipinski definition) is 1. The molecular weight excluding hydrogens is 295 g/mol. The van der Waals surface area contributed by atoms with Crippen molar-refractivity contribution in [1.82, 2.24) is 0 Å². The highest BCUT2D eigenvalue weighted by Gasteiger charge is 2.27. The number of hydrogen-bond donors (Lipinski definition) is 0. The molecule has 0 aliphatic carbocycles. The van der Waals surface area contributed by atoms with E-state index in [-0.39, 0.29) is 14.9 Å². The molecule has 0 amide bonds. The van der Waals surface area contributed by atoms with Crippen LogP contribution in [0.5, 0.6) is 0 Å². The van der Waals surface area contributed by atoms with Gasteiger partial charge in [-0.2, -0.15) is 0 Å². The molecule has 0 saturated carbocycles. The average molecular weight is 320 g/mol. The van der Waals surface area contributed by atoms with Gasteiger partial charge >= 0.3 is 0 Å². The Labute approximate surface area is 94.7 Å². The molecule has 0 bridgehead atoms. The van der Waals surface area contributed by atoms with Gasteiger partial charge in [-0.1, -0.05) is 37.4 Å². The third kappa shape index (κ3) is 11.1. The molecule has 0 radical (unpaired) electrons. The molecule has 78 valence electrons. The maximum atomic E-state index is 6.04. The normalized spacial score (nSPS) is 11.5. The van der Waals surface area contributed by atoms with Crippen LogP contribution in [-0.4, -0.2) is 20.7 Å². The standard InChI is InChI=1S/C6H17IOSi2.2CH4/c1-9(2,3)8-10(4,5)6-7;;/h6H2,1-5H3;2*1H4. The van der Waals surface area contributed by atoms with Crippen molar-refractivity contribution in [3.63, 3.8) is 0 Å². The van der Waals surface area contributed by atoms with Crippen LogP contribution in [0.15, 0.2) is 0 Å². The average Bonchev–Trinajstić information content (AvgIpc) is 1.60. The summed E-state index contributed by atoms with van der Waals surface area (Å²) in [7, 11) is -2.52. The third-order valence-corrected chi connectivity index (χ3v) is 11.7.